The Hall–Kier alpha value is -2.91. The summed E-state index contributed by atoms with van der Waals surface area (Å²) >= 11 is 1.31. The molecular weight excluding hydrogens is 442 g/mol. The van der Waals surface area contributed by atoms with E-state index in [0.29, 0.717) is 45.4 Å². The lowest BCUT2D eigenvalue weighted by atomic mass is 10.1. The molecule has 1 unspecified atom stereocenters. The Morgan fingerprint density at radius 1 is 1.09 bits per heavy atom. The third kappa shape index (κ3) is 5.54. The van der Waals surface area contributed by atoms with Crippen LogP contribution in [0.4, 0.5) is 0 Å². The van der Waals surface area contributed by atoms with E-state index in [1.165, 1.54) is 11.3 Å². The molecule has 3 aromatic rings. The lowest BCUT2D eigenvalue weighted by molar-refractivity contribution is 0.0943. The van der Waals surface area contributed by atoms with Gasteiger partial charge in [-0.15, -0.1) is 11.3 Å². The number of methoxy groups -OCH3 is 3. The summed E-state index contributed by atoms with van der Waals surface area (Å²) in [6.07, 6.45) is 0. The van der Waals surface area contributed by atoms with Crippen molar-refractivity contribution in [1.82, 2.24) is 15.3 Å². The molecule has 0 fully saturated rings. The molecule has 0 aliphatic carbocycles. The first-order valence-electron chi connectivity index (χ1n) is 10.7. The number of hydrogen-bond acceptors (Lipinski definition) is 8. The van der Waals surface area contributed by atoms with Crippen LogP contribution in [0.1, 0.15) is 53.4 Å². The molecule has 33 heavy (non-hydrogen) atoms. The number of aromatic nitrogens is 2. The van der Waals surface area contributed by atoms with Crippen molar-refractivity contribution in [3.63, 3.8) is 0 Å². The molecule has 9 heteroatoms. The van der Waals surface area contributed by atoms with E-state index < -0.39 is 0 Å². The van der Waals surface area contributed by atoms with Crippen LogP contribution in [0, 0.1) is 12.8 Å². The first kappa shape index (κ1) is 24.7. The molecular formula is C24H31N3O5S. The largest absolute Gasteiger partial charge is 0.493 e. The summed E-state index contributed by atoms with van der Waals surface area (Å²) in [7, 11) is 4.74. The number of carbonyl (C=O) groups excluding carboxylic acids is 1. The van der Waals surface area contributed by atoms with Gasteiger partial charge in [-0.05, 0) is 43.0 Å². The summed E-state index contributed by atoms with van der Waals surface area (Å²) < 4.78 is 21.9. The summed E-state index contributed by atoms with van der Waals surface area (Å²) in [4.78, 5) is 23.3. The van der Waals surface area contributed by atoms with Crippen molar-refractivity contribution in [2.45, 2.75) is 40.3 Å². The highest BCUT2D eigenvalue weighted by molar-refractivity contribution is 7.20. The normalized spacial score (nSPS) is 12.1. The number of nitrogens with one attached hydrogen (secondary N) is 1. The predicted octanol–water partition coefficient (Wildman–Crippen LogP) is 4.69. The Morgan fingerprint density at radius 3 is 2.48 bits per heavy atom. The van der Waals surface area contributed by atoms with E-state index in [1.807, 2.05) is 32.0 Å². The number of amides is 1. The molecule has 0 saturated heterocycles. The Kier molecular flexibility index (Phi) is 8.10. The third-order valence-corrected chi connectivity index (χ3v) is 6.27. The second kappa shape index (κ2) is 10.8. The predicted molar refractivity (Wildman–Crippen MR) is 129 cm³/mol. The molecule has 0 saturated carbocycles. The van der Waals surface area contributed by atoms with E-state index in [2.05, 4.69) is 29.1 Å². The molecule has 0 aliphatic rings. The monoisotopic (exact) mass is 473 g/mol. The van der Waals surface area contributed by atoms with Gasteiger partial charge in [-0.1, -0.05) is 19.9 Å². The smallest absolute Gasteiger partial charge is 0.262 e. The fourth-order valence-corrected chi connectivity index (χ4v) is 4.47. The Labute approximate surface area is 198 Å². The second-order valence-corrected chi connectivity index (χ2v) is 9.13. The van der Waals surface area contributed by atoms with Gasteiger partial charge in [0.15, 0.2) is 17.3 Å². The van der Waals surface area contributed by atoms with Gasteiger partial charge in [0.2, 0.25) is 5.88 Å². The van der Waals surface area contributed by atoms with E-state index in [9.17, 15) is 4.79 Å². The van der Waals surface area contributed by atoms with Crippen LogP contribution in [-0.4, -0.2) is 43.8 Å². The maximum absolute atomic E-state index is 13.2. The number of hydrogen-bond donors (Lipinski definition) is 1. The molecule has 0 aliphatic heterocycles. The molecule has 8 nitrogen and oxygen atoms in total. The molecule has 1 atom stereocenters. The number of ether oxygens (including phenoxy) is 4. The fraction of sp³-hybridized carbons (Fsp3) is 0.458. The molecule has 0 spiro atoms. The number of carbonyl (C=O) groups is 1. The molecule has 2 aromatic heterocycles. The topological polar surface area (TPSA) is 91.8 Å². The van der Waals surface area contributed by atoms with Gasteiger partial charge in [0, 0.05) is 7.11 Å². The van der Waals surface area contributed by atoms with E-state index in [1.54, 1.807) is 21.3 Å². The molecule has 1 N–H and O–H groups in total. The van der Waals surface area contributed by atoms with E-state index >= 15 is 0 Å². The minimum atomic E-state index is -0.243. The van der Waals surface area contributed by atoms with Crippen molar-refractivity contribution in [3.8, 4) is 17.4 Å². The molecule has 1 amide bonds. The molecule has 178 valence electrons. The summed E-state index contributed by atoms with van der Waals surface area (Å²) in [5.74, 6) is 2.50. The van der Waals surface area contributed by atoms with Gasteiger partial charge in [0.05, 0.1) is 37.1 Å². The molecule has 0 bridgehead atoms. The zero-order valence-electron chi connectivity index (χ0n) is 20.1. The number of benzene rings is 1. The molecule has 2 heterocycles. The highest BCUT2D eigenvalue weighted by atomic mass is 32.1. The Balaban J connectivity index is 1.84. The van der Waals surface area contributed by atoms with Crippen molar-refractivity contribution >= 4 is 27.5 Å². The average Bonchev–Trinajstić information content (AvgIpc) is 3.13. The minimum Gasteiger partial charge on any atom is -0.493 e. The van der Waals surface area contributed by atoms with Gasteiger partial charge in [0.25, 0.3) is 5.91 Å². The summed E-state index contributed by atoms with van der Waals surface area (Å²) in [6.45, 7) is 8.86. The lowest BCUT2D eigenvalue weighted by Gasteiger charge is -2.17. The van der Waals surface area contributed by atoms with Gasteiger partial charge in [-0.25, -0.2) is 4.98 Å². The van der Waals surface area contributed by atoms with E-state index in [4.69, 9.17) is 18.9 Å². The van der Waals surface area contributed by atoms with E-state index in [0.717, 1.165) is 16.5 Å². The van der Waals surface area contributed by atoms with Gasteiger partial charge >= 0.3 is 0 Å². The molecule has 1 aromatic carbocycles. The number of rotatable bonds is 10. The number of fused-ring (bicyclic) bond motifs is 1. The van der Waals surface area contributed by atoms with E-state index in [-0.39, 0.29) is 18.6 Å². The van der Waals surface area contributed by atoms with Crippen LogP contribution in [0.3, 0.4) is 0 Å². The quantitative estimate of drug-likeness (QED) is 0.457. The Morgan fingerprint density at radius 2 is 1.85 bits per heavy atom. The van der Waals surface area contributed by atoms with Gasteiger partial charge in [0.1, 0.15) is 11.4 Å². The highest BCUT2D eigenvalue weighted by Gasteiger charge is 2.23. The van der Waals surface area contributed by atoms with Crippen molar-refractivity contribution in [2.75, 3.05) is 27.9 Å². The average molecular weight is 474 g/mol. The van der Waals surface area contributed by atoms with Crippen molar-refractivity contribution in [2.24, 2.45) is 5.92 Å². The number of thiophene rings is 1. The third-order valence-electron chi connectivity index (χ3n) is 5.08. The maximum Gasteiger partial charge on any atom is 0.262 e. The van der Waals surface area contributed by atoms with Crippen LogP contribution in [0.5, 0.6) is 17.4 Å². The zero-order valence-corrected chi connectivity index (χ0v) is 21.0. The molecule has 0 radical (unpaired) electrons. The van der Waals surface area contributed by atoms with Crippen LogP contribution in [-0.2, 0) is 11.3 Å². The van der Waals surface area contributed by atoms with Crippen LogP contribution in [0.15, 0.2) is 18.2 Å². The Bertz CT molecular complexity index is 1130. The van der Waals surface area contributed by atoms with Crippen LogP contribution in [0.2, 0.25) is 0 Å². The minimum absolute atomic E-state index is 0.183. The SMILES string of the molecule is COCc1nc(OC)c2c(C)c(C(=O)NC(C)c3ccc(OCC(C)C)c(OC)c3)sc2n1. The van der Waals surface area contributed by atoms with Crippen LogP contribution in [0.25, 0.3) is 10.2 Å². The fourth-order valence-electron chi connectivity index (χ4n) is 3.38. The molecule has 3 rings (SSSR count). The summed E-state index contributed by atoms with van der Waals surface area (Å²) in [5, 5.41) is 3.82. The standard InChI is InChI=1S/C24H31N3O5S/c1-13(2)11-32-17-9-8-16(10-18(17)30-6)15(4)25-22(28)21-14(3)20-23(31-7)26-19(12-29-5)27-24(20)33-21/h8-10,13,15H,11-12H2,1-7H3,(H,25,28). The summed E-state index contributed by atoms with van der Waals surface area (Å²) in [5.41, 5.74) is 1.70. The first-order chi connectivity index (χ1) is 15.8. The second-order valence-electron chi connectivity index (χ2n) is 8.13. The van der Waals surface area contributed by atoms with Gasteiger partial charge < -0.3 is 24.3 Å². The number of nitrogens with zero attached hydrogens (tertiary/aromatic N) is 2. The highest BCUT2D eigenvalue weighted by Crippen LogP contribution is 2.36. The zero-order chi connectivity index (χ0) is 24.1. The maximum atomic E-state index is 13.2. The lowest BCUT2D eigenvalue weighted by Crippen LogP contribution is -2.26. The van der Waals surface area contributed by atoms with Crippen LogP contribution < -0.4 is 19.5 Å². The summed E-state index contributed by atoms with van der Waals surface area (Å²) in [6, 6.07) is 5.46. The van der Waals surface area contributed by atoms with Crippen molar-refractivity contribution in [1.29, 1.82) is 0 Å². The first-order valence-corrected chi connectivity index (χ1v) is 11.5. The van der Waals surface area contributed by atoms with Crippen molar-refractivity contribution < 1.29 is 23.7 Å². The van der Waals surface area contributed by atoms with Gasteiger partial charge in [-0.2, -0.15) is 4.98 Å². The number of aryl methyl sites for hydroxylation is 1. The van der Waals surface area contributed by atoms with Crippen molar-refractivity contribution in [3.05, 3.63) is 40.0 Å². The van der Waals surface area contributed by atoms with Gasteiger partial charge in [-0.3, -0.25) is 4.79 Å². The van der Waals surface area contributed by atoms with Crippen LogP contribution >= 0.6 is 11.3 Å².